The van der Waals surface area contributed by atoms with Crippen molar-refractivity contribution < 1.29 is 19.0 Å². The molecule has 2 aromatic carbocycles. The zero-order valence-corrected chi connectivity index (χ0v) is 18.2. The molecule has 0 aliphatic heterocycles. The summed E-state index contributed by atoms with van der Waals surface area (Å²) in [4.78, 5) is 13.5. The van der Waals surface area contributed by atoms with E-state index >= 15 is 0 Å². The lowest BCUT2D eigenvalue weighted by Crippen LogP contribution is -2.25. The van der Waals surface area contributed by atoms with Crippen LogP contribution in [0.1, 0.15) is 18.1 Å². The predicted molar refractivity (Wildman–Crippen MR) is 121 cm³/mol. The molecule has 0 radical (unpaired) electrons. The first-order chi connectivity index (χ1) is 15.5. The van der Waals surface area contributed by atoms with Gasteiger partial charge in [-0.2, -0.15) is 5.26 Å². The number of ether oxygens (including phenoxy) is 3. The maximum absolute atomic E-state index is 12.2. The Bertz CT molecular complexity index is 1330. The van der Waals surface area contributed by atoms with E-state index in [-0.39, 0.29) is 6.61 Å². The highest BCUT2D eigenvalue weighted by Crippen LogP contribution is 2.36. The molecule has 0 unspecified atom stereocenters. The van der Waals surface area contributed by atoms with Crippen molar-refractivity contribution in [2.75, 3.05) is 20.7 Å². The molecular weight excluding hydrogens is 406 g/mol. The van der Waals surface area contributed by atoms with Gasteiger partial charge in [0, 0.05) is 25.5 Å². The molecule has 0 bridgehead atoms. The third kappa shape index (κ3) is 4.03. The van der Waals surface area contributed by atoms with Crippen LogP contribution in [-0.2, 0) is 6.61 Å². The number of hydrogen-bond donors (Lipinski definition) is 0. The summed E-state index contributed by atoms with van der Waals surface area (Å²) in [5, 5.41) is 10.7. The number of fused-ring (bicyclic) bond motifs is 3. The first-order valence-corrected chi connectivity index (χ1v) is 10.2. The molecule has 0 aliphatic rings. The van der Waals surface area contributed by atoms with Gasteiger partial charge in [-0.3, -0.25) is 0 Å². The molecule has 32 heavy (non-hydrogen) atoms. The summed E-state index contributed by atoms with van der Waals surface area (Å²) in [7, 11) is 3.23. The zero-order chi connectivity index (χ0) is 22.7. The van der Waals surface area contributed by atoms with Gasteiger partial charge in [-0.1, -0.05) is 30.3 Å². The fourth-order valence-corrected chi connectivity index (χ4v) is 3.53. The second-order valence-corrected chi connectivity index (χ2v) is 7.39. The predicted octanol–water partition coefficient (Wildman–Crippen LogP) is 5.00. The van der Waals surface area contributed by atoms with E-state index in [9.17, 15) is 10.1 Å². The van der Waals surface area contributed by atoms with E-state index in [1.54, 1.807) is 26.4 Å². The Morgan fingerprint density at radius 2 is 1.88 bits per heavy atom. The van der Waals surface area contributed by atoms with E-state index in [4.69, 9.17) is 14.2 Å². The topological polar surface area (TPSA) is 76.2 Å². The van der Waals surface area contributed by atoms with Crippen molar-refractivity contribution >= 4 is 22.5 Å². The van der Waals surface area contributed by atoms with E-state index in [0.29, 0.717) is 29.2 Å². The summed E-state index contributed by atoms with van der Waals surface area (Å²) in [6.45, 7) is 2.77. The van der Waals surface area contributed by atoms with Crippen molar-refractivity contribution in [2.45, 2.75) is 13.5 Å². The normalized spacial score (nSPS) is 10.7. The molecule has 0 aliphatic carbocycles. The van der Waals surface area contributed by atoms with Crippen molar-refractivity contribution in [3.63, 3.8) is 0 Å². The van der Waals surface area contributed by atoms with E-state index in [1.807, 2.05) is 59.9 Å². The number of carbonyl (C=O) groups excluding carboxylic acids is 1. The monoisotopic (exact) mass is 429 g/mol. The van der Waals surface area contributed by atoms with E-state index < -0.39 is 6.09 Å². The molecule has 2 heterocycles. The summed E-state index contributed by atoms with van der Waals surface area (Å²) in [6, 6.07) is 19.2. The van der Waals surface area contributed by atoms with Gasteiger partial charge < -0.3 is 23.5 Å². The second-order valence-electron chi connectivity index (χ2n) is 7.39. The minimum Gasteiger partial charge on any atom is -0.494 e. The Morgan fingerprint density at radius 3 is 2.62 bits per heavy atom. The number of carbonyl (C=O) groups is 1. The molecule has 4 aromatic rings. The van der Waals surface area contributed by atoms with E-state index in [1.165, 1.54) is 4.90 Å². The number of nitrogens with zero attached hydrogens (tertiary/aromatic N) is 3. The van der Waals surface area contributed by atoms with Crippen LogP contribution >= 0.6 is 0 Å². The fraction of sp³-hybridized carbons (Fsp3) is 0.200. The van der Waals surface area contributed by atoms with Crippen LogP contribution in [0.2, 0.25) is 0 Å². The number of aromatic nitrogens is 1. The van der Waals surface area contributed by atoms with Crippen molar-refractivity contribution in [1.29, 1.82) is 5.26 Å². The first-order valence-electron chi connectivity index (χ1n) is 10.2. The molecule has 162 valence electrons. The van der Waals surface area contributed by atoms with Gasteiger partial charge >= 0.3 is 6.09 Å². The van der Waals surface area contributed by atoms with Gasteiger partial charge in [-0.25, -0.2) is 4.79 Å². The second kappa shape index (κ2) is 8.90. The number of hydrogen-bond acceptors (Lipinski definition) is 5. The quantitative estimate of drug-likeness (QED) is 0.431. The van der Waals surface area contributed by atoms with Crippen LogP contribution in [0.4, 0.5) is 4.79 Å². The van der Waals surface area contributed by atoms with E-state index in [2.05, 4.69) is 6.07 Å². The van der Waals surface area contributed by atoms with Crippen LogP contribution in [0.15, 0.2) is 60.8 Å². The fourth-order valence-electron chi connectivity index (χ4n) is 3.53. The Balaban J connectivity index is 1.81. The van der Waals surface area contributed by atoms with Gasteiger partial charge in [-0.05, 0) is 30.7 Å². The van der Waals surface area contributed by atoms with Crippen LogP contribution < -0.4 is 14.2 Å². The molecular formula is C25H23N3O4. The summed E-state index contributed by atoms with van der Waals surface area (Å²) >= 11 is 0. The average Bonchev–Trinajstić information content (AvgIpc) is 3.11. The van der Waals surface area contributed by atoms with Crippen molar-refractivity contribution in [3.05, 3.63) is 71.9 Å². The molecule has 4 rings (SSSR count). The molecule has 0 saturated heterocycles. The largest absolute Gasteiger partial charge is 0.494 e. The van der Waals surface area contributed by atoms with Gasteiger partial charge in [0.2, 0.25) is 0 Å². The number of benzene rings is 2. The maximum atomic E-state index is 12.2. The van der Waals surface area contributed by atoms with Gasteiger partial charge in [0.05, 0.1) is 23.9 Å². The smallest absolute Gasteiger partial charge is 0.414 e. The summed E-state index contributed by atoms with van der Waals surface area (Å²) in [6.07, 6.45) is 1.19. The molecule has 2 aromatic heterocycles. The standard InChI is InChI=1S/C25H23N3O4/c1-4-30-18-9-7-8-17(12-18)16-31-23-13-19(32-25(29)27(2)3)15-28-22-11-6-5-10-20(22)21(14-26)24(23)28/h5-13,15H,4,16H2,1-3H3. The first kappa shape index (κ1) is 21.1. The summed E-state index contributed by atoms with van der Waals surface area (Å²) in [5.41, 5.74) is 2.87. The molecule has 7 heteroatoms. The zero-order valence-electron chi connectivity index (χ0n) is 18.2. The van der Waals surface area contributed by atoms with Crippen molar-refractivity contribution in [1.82, 2.24) is 9.30 Å². The highest BCUT2D eigenvalue weighted by Gasteiger charge is 2.19. The van der Waals surface area contributed by atoms with Gasteiger partial charge in [0.25, 0.3) is 0 Å². The molecule has 0 spiro atoms. The molecule has 0 atom stereocenters. The van der Waals surface area contributed by atoms with E-state index in [0.717, 1.165) is 22.2 Å². The molecule has 0 fully saturated rings. The summed E-state index contributed by atoms with van der Waals surface area (Å²) < 4.78 is 19.1. The maximum Gasteiger partial charge on any atom is 0.414 e. The number of amides is 1. The van der Waals surface area contributed by atoms with Crippen LogP contribution in [0.3, 0.4) is 0 Å². The summed E-state index contributed by atoms with van der Waals surface area (Å²) in [5.74, 6) is 1.53. The van der Waals surface area contributed by atoms with Gasteiger partial charge in [0.1, 0.15) is 29.7 Å². The number of para-hydroxylation sites is 1. The Kier molecular flexibility index (Phi) is 5.86. The van der Waals surface area contributed by atoms with Gasteiger partial charge in [0.15, 0.2) is 5.75 Å². The van der Waals surface area contributed by atoms with Crippen molar-refractivity contribution in [2.24, 2.45) is 0 Å². The SMILES string of the molecule is CCOc1cccc(COc2cc(OC(=O)N(C)C)cn3c2c(C#N)c2ccccc23)c1. The van der Waals surface area contributed by atoms with Crippen LogP contribution in [-0.4, -0.2) is 36.1 Å². The molecule has 7 nitrogen and oxygen atoms in total. The number of rotatable bonds is 6. The molecule has 0 N–H and O–H groups in total. The molecule has 0 saturated carbocycles. The minimum absolute atomic E-state index is 0.258. The lowest BCUT2D eigenvalue weighted by molar-refractivity contribution is 0.171. The average molecular weight is 429 g/mol. The van der Waals surface area contributed by atoms with Gasteiger partial charge in [-0.15, -0.1) is 0 Å². The Morgan fingerprint density at radius 1 is 1.06 bits per heavy atom. The number of pyridine rings is 1. The lowest BCUT2D eigenvalue weighted by Gasteiger charge is -2.14. The number of nitriles is 1. The third-order valence-corrected chi connectivity index (χ3v) is 4.96. The molecule has 1 amide bonds. The Hall–Kier alpha value is -4.18. The third-order valence-electron chi connectivity index (χ3n) is 4.96. The van der Waals surface area contributed by atoms with Crippen LogP contribution in [0.25, 0.3) is 16.4 Å². The minimum atomic E-state index is -0.503. The highest BCUT2D eigenvalue weighted by atomic mass is 16.6. The highest BCUT2D eigenvalue weighted by molar-refractivity contribution is 5.97. The lowest BCUT2D eigenvalue weighted by atomic mass is 10.1. The Labute approximate surface area is 185 Å². The van der Waals surface area contributed by atoms with Crippen LogP contribution in [0, 0.1) is 11.3 Å². The van der Waals surface area contributed by atoms with Crippen molar-refractivity contribution in [3.8, 4) is 23.3 Å². The van der Waals surface area contributed by atoms with Crippen LogP contribution in [0.5, 0.6) is 17.2 Å².